The SMILES string of the molecule is CCC(CC)NS(=O)(=O)Cc1ccccc1C#N. The molecular weight excluding hydrogens is 248 g/mol. The van der Waals surface area contributed by atoms with E-state index in [2.05, 4.69) is 4.72 Å². The summed E-state index contributed by atoms with van der Waals surface area (Å²) in [6.07, 6.45) is 1.52. The van der Waals surface area contributed by atoms with E-state index in [-0.39, 0.29) is 11.8 Å². The minimum Gasteiger partial charge on any atom is -0.212 e. The van der Waals surface area contributed by atoms with Gasteiger partial charge in [0.15, 0.2) is 0 Å². The smallest absolute Gasteiger partial charge is 0.212 e. The van der Waals surface area contributed by atoms with Gasteiger partial charge in [-0.05, 0) is 24.5 Å². The molecule has 0 aromatic heterocycles. The summed E-state index contributed by atoms with van der Waals surface area (Å²) in [6, 6.07) is 8.73. The highest BCUT2D eigenvalue weighted by molar-refractivity contribution is 7.88. The molecule has 0 aliphatic rings. The van der Waals surface area contributed by atoms with Crippen molar-refractivity contribution in [2.45, 2.75) is 38.5 Å². The van der Waals surface area contributed by atoms with Gasteiger partial charge < -0.3 is 0 Å². The Hall–Kier alpha value is -1.38. The van der Waals surface area contributed by atoms with E-state index >= 15 is 0 Å². The number of nitrogens with zero attached hydrogens (tertiary/aromatic N) is 1. The van der Waals surface area contributed by atoms with E-state index in [1.54, 1.807) is 24.3 Å². The van der Waals surface area contributed by atoms with E-state index in [9.17, 15) is 8.42 Å². The quantitative estimate of drug-likeness (QED) is 0.857. The molecule has 0 spiro atoms. The van der Waals surface area contributed by atoms with Crippen LogP contribution in [0.25, 0.3) is 0 Å². The number of nitrogens with one attached hydrogen (secondary N) is 1. The molecule has 1 rings (SSSR count). The van der Waals surface area contributed by atoms with Crippen molar-refractivity contribution in [1.29, 1.82) is 5.26 Å². The van der Waals surface area contributed by atoms with Gasteiger partial charge in [-0.1, -0.05) is 32.0 Å². The molecule has 0 heterocycles. The maximum Gasteiger partial charge on any atom is 0.216 e. The summed E-state index contributed by atoms with van der Waals surface area (Å²) in [5, 5.41) is 8.92. The van der Waals surface area contributed by atoms with Gasteiger partial charge in [-0.2, -0.15) is 5.26 Å². The van der Waals surface area contributed by atoms with E-state index < -0.39 is 10.0 Å². The zero-order valence-corrected chi connectivity index (χ0v) is 11.5. The second kappa shape index (κ2) is 6.53. The van der Waals surface area contributed by atoms with E-state index in [0.717, 1.165) is 12.8 Å². The summed E-state index contributed by atoms with van der Waals surface area (Å²) in [5.74, 6) is -0.146. The molecule has 0 unspecified atom stereocenters. The molecule has 1 aromatic carbocycles. The minimum absolute atomic E-state index is 0.0377. The topological polar surface area (TPSA) is 70.0 Å². The van der Waals surface area contributed by atoms with Crippen molar-refractivity contribution in [1.82, 2.24) is 4.72 Å². The maximum atomic E-state index is 12.0. The van der Waals surface area contributed by atoms with Crippen LogP contribution < -0.4 is 4.72 Å². The lowest BCUT2D eigenvalue weighted by Gasteiger charge is -2.15. The Balaban J connectivity index is 2.86. The lowest BCUT2D eigenvalue weighted by atomic mass is 10.1. The fourth-order valence-electron chi connectivity index (χ4n) is 1.71. The molecule has 5 heteroatoms. The van der Waals surface area contributed by atoms with Gasteiger partial charge in [0, 0.05) is 6.04 Å². The maximum absolute atomic E-state index is 12.0. The fraction of sp³-hybridized carbons (Fsp3) is 0.462. The van der Waals surface area contributed by atoms with Crippen molar-refractivity contribution in [3.8, 4) is 6.07 Å². The molecule has 0 saturated carbocycles. The van der Waals surface area contributed by atoms with Crippen LogP contribution in [-0.2, 0) is 15.8 Å². The largest absolute Gasteiger partial charge is 0.216 e. The van der Waals surface area contributed by atoms with Gasteiger partial charge in [0.1, 0.15) is 0 Å². The molecule has 0 amide bonds. The normalized spacial score (nSPS) is 11.4. The predicted molar refractivity (Wildman–Crippen MR) is 71.3 cm³/mol. The molecule has 0 atom stereocenters. The third-order valence-electron chi connectivity index (χ3n) is 2.82. The molecule has 1 aromatic rings. The van der Waals surface area contributed by atoms with Crippen molar-refractivity contribution in [3.05, 3.63) is 35.4 Å². The van der Waals surface area contributed by atoms with Crippen LogP contribution in [-0.4, -0.2) is 14.5 Å². The van der Waals surface area contributed by atoms with Crippen LogP contribution in [0.4, 0.5) is 0 Å². The number of hydrogen-bond acceptors (Lipinski definition) is 3. The zero-order valence-electron chi connectivity index (χ0n) is 10.7. The highest BCUT2D eigenvalue weighted by Gasteiger charge is 2.17. The van der Waals surface area contributed by atoms with Crippen LogP contribution in [0.15, 0.2) is 24.3 Å². The monoisotopic (exact) mass is 266 g/mol. The van der Waals surface area contributed by atoms with Crippen molar-refractivity contribution < 1.29 is 8.42 Å². The Bertz CT molecular complexity index is 528. The number of hydrogen-bond donors (Lipinski definition) is 1. The summed E-state index contributed by atoms with van der Waals surface area (Å²) >= 11 is 0. The van der Waals surface area contributed by atoms with Gasteiger partial charge in [0.05, 0.1) is 17.4 Å². The lowest BCUT2D eigenvalue weighted by Crippen LogP contribution is -2.34. The van der Waals surface area contributed by atoms with Gasteiger partial charge in [0.25, 0.3) is 0 Å². The molecule has 0 saturated heterocycles. The summed E-state index contributed by atoms with van der Waals surface area (Å²) < 4.78 is 26.6. The molecule has 0 bridgehead atoms. The molecule has 4 nitrogen and oxygen atoms in total. The van der Waals surface area contributed by atoms with Crippen LogP contribution in [0, 0.1) is 11.3 Å². The molecule has 0 aliphatic carbocycles. The average molecular weight is 266 g/mol. The summed E-state index contributed by atoms with van der Waals surface area (Å²) in [7, 11) is -3.39. The van der Waals surface area contributed by atoms with Gasteiger partial charge in [0.2, 0.25) is 10.0 Å². The summed E-state index contributed by atoms with van der Waals surface area (Å²) in [6.45, 7) is 3.89. The van der Waals surface area contributed by atoms with Gasteiger partial charge in [-0.25, -0.2) is 13.1 Å². The summed E-state index contributed by atoms with van der Waals surface area (Å²) in [4.78, 5) is 0. The lowest BCUT2D eigenvalue weighted by molar-refractivity contribution is 0.529. The predicted octanol–water partition coefficient (Wildman–Crippen LogP) is 2.17. The number of rotatable bonds is 6. The Morgan fingerprint density at radius 2 is 1.89 bits per heavy atom. The van der Waals surface area contributed by atoms with Crippen LogP contribution in [0.2, 0.25) is 0 Å². The molecule has 1 N–H and O–H groups in total. The molecular formula is C13H18N2O2S. The number of nitriles is 1. The first-order valence-corrected chi connectivity index (χ1v) is 7.65. The highest BCUT2D eigenvalue weighted by atomic mass is 32.2. The third kappa shape index (κ3) is 4.13. The molecule has 0 aliphatic heterocycles. The summed E-state index contributed by atoms with van der Waals surface area (Å²) in [5.41, 5.74) is 0.950. The first kappa shape index (κ1) is 14.7. The molecule has 18 heavy (non-hydrogen) atoms. The number of sulfonamides is 1. The van der Waals surface area contributed by atoms with E-state index in [4.69, 9.17) is 5.26 Å². The third-order valence-corrected chi connectivity index (χ3v) is 4.20. The van der Waals surface area contributed by atoms with E-state index in [1.807, 2.05) is 19.9 Å². The first-order chi connectivity index (χ1) is 8.52. The van der Waals surface area contributed by atoms with Gasteiger partial charge >= 0.3 is 0 Å². The van der Waals surface area contributed by atoms with Crippen molar-refractivity contribution >= 4 is 10.0 Å². The van der Waals surface area contributed by atoms with Crippen LogP contribution >= 0.6 is 0 Å². The van der Waals surface area contributed by atoms with Crippen molar-refractivity contribution in [2.75, 3.05) is 0 Å². The molecule has 0 fully saturated rings. The highest BCUT2D eigenvalue weighted by Crippen LogP contribution is 2.12. The van der Waals surface area contributed by atoms with Crippen LogP contribution in [0.1, 0.15) is 37.8 Å². The van der Waals surface area contributed by atoms with Crippen molar-refractivity contribution in [3.63, 3.8) is 0 Å². The zero-order chi connectivity index (χ0) is 13.6. The van der Waals surface area contributed by atoms with Gasteiger partial charge in [-0.3, -0.25) is 0 Å². The molecule has 98 valence electrons. The number of benzene rings is 1. The standard InChI is InChI=1S/C13H18N2O2S/c1-3-13(4-2)15-18(16,17)10-12-8-6-5-7-11(12)9-14/h5-8,13,15H,3-4,10H2,1-2H3. The first-order valence-electron chi connectivity index (χ1n) is 6.00. The Morgan fingerprint density at radius 3 is 2.44 bits per heavy atom. The molecule has 0 radical (unpaired) electrons. The Labute approximate surface area is 109 Å². The van der Waals surface area contributed by atoms with Crippen molar-refractivity contribution in [2.24, 2.45) is 0 Å². The van der Waals surface area contributed by atoms with Gasteiger partial charge in [-0.15, -0.1) is 0 Å². The van der Waals surface area contributed by atoms with Crippen LogP contribution in [0.3, 0.4) is 0 Å². The van der Waals surface area contributed by atoms with E-state index in [1.165, 1.54) is 0 Å². The minimum atomic E-state index is -3.39. The second-order valence-corrected chi connectivity index (χ2v) is 5.91. The fourth-order valence-corrected chi connectivity index (χ4v) is 3.30. The van der Waals surface area contributed by atoms with E-state index in [0.29, 0.717) is 11.1 Å². The Kier molecular flexibility index (Phi) is 5.32. The average Bonchev–Trinajstić information content (AvgIpc) is 2.36. The Morgan fingerprint density at radius 1 is 1.28 bits per heavy atom. The van der Waals surface area contributed by atoms with Crippen LogP contribution in [0.5, 0.6) is 0 Å². The second-order valence-electron chi connectivity index (χ2n) is 4.16.